The first-order valence-electron chi connectivity index (χ1n) is 6.69. The van der Waals surface area contributed by atoms with Crippen molar-refractivity contribution in [2.45, 2.75) is 26.4 Å². The van der Waals surface area contributed by atoms with E-state index in [4.69, 9.17) is 4.74 Å². The zero-order valence-electron chi connectivity index (χ0n) is 12.8. The SMILES string of the molecule is C=CS(=O)(=O)N(Cc1ccc(Br)cc1)[C@H](C(=O)OC)C(C)C. The van der Waals surface area contributed by atoms with Gasteiger partial charge in [0, 0.05) is 16.4 Å². The van der Waals surface area contributed by atoms with E-state index >= 15 is 0 Å². The molecule has 1 aromatic carbocycles. The molecule has 1 rings (SSSR count). The number of ether oxygens (including phenoxy) is 1. The molecule has 0 radical (unpaired) electrons. The van der Waals surface area contributed by atoms with E-state index in [1.807, 2.05) is 12.1 Å². The minimum absolute atomic E-state index is 0.0690. The largest absolute Gasteiger partial charge is 0.468 e. The maximum atomic E-state index is 12.3. The summed E-state index contributed by atoms with van der Waals surface area (Å²) in [6.07, 6.45) is 0. The van der Waals surface area contributed by atoms with Crippen LogP contribution in [-0.4, -0.2) is 31.8 Å². The highest BCUT2D eigenvalue weighted by molar-refractivity contribution is 9.10. The van der Waals surface area contributed by atoms with E-state index < -0.39 is 22.0 Å². The Morgan fingerprint density at radius 2 is 1.91 bits per heavy atom. The molecule has 0 amide bonds. The molecule has 22 heavy (non-hydrogen) atoms. The van der Waals surface area contributed by atoms with E-state index in [2.05, 4.69) is 22.5 Å². The van der Waals surface area contributed by atoms with Gasteiger partial charge in [0.15, 0.2) is 0 Å². The first-order chi connectivity index (χ1) is 10.2. The smallest absolute Gasteiger partial charge is 0.324 e. The van der Waals surface area contributed by atoms with Crippen LogP contribution in [0.3, 0.4) is 0 Å². The first-order valence-corrected chi connectivity index (χ1v) is 8.99. The zero-order chi connectivity index (χ0) is 16.9. The molecule has 5 nitrogen and oxygen atoms in total. The Hall–Kier alpha value is -1.18. The molecule has 7 heteroatoms. The normalized spacial score (nSPS) is 13.2. The average Bonchev–Trinajstić information content (AvgIpc) is 2.47. The Morgan fingerprint density at radius 3 is 2.32 bits per heavy atom. The van der Waals surface area contributed by atoms with Crippen LogP contribution in [0.15, 0.2) is 40.7 Å². The fraction of sp³-hybridized carbons (Fsp3) is 0.400. The number of hydrogen-bond donors (Lipinski definition) is 0. The molecule has 1 atom stereocenters. The summed E-state index contributed by atoms with van der Waals surface area (Å²) in [5.74, 6) is -0.824. The molecule has 0 unspecified atom stereocenters. The maximum absolute atomic E-state index is 12.3. The highest BCUT2D eigenvalue weighted by atomic mass is 79.9. The molecule has 0 aromatic heterocycles. The van der Waals surface area contributed by atoms with Gasteiger partial charge in [-0.05, 0) is 23.6 Å². The molecule has 0 aliphatic carbocycles. The van der Waals surface area contributed by atoms with Crippen molar-refractivity contribution in [1.82, 2.24) is 4.31 Å². The Bertz CT molecular complexity index is 625. The lowest BCUT2D eigenvalue weighted by molar-refractivity contribution is -0.146. The molecule has 0 heterocycles. The molecule has 0 saturated carbocycles. The van der Waals surface area contributed by atoms with E-state index in [1.54, 1.807) is 26.0 Å². The minimum atomic E-state index is -3.78. The lowest BCUT2D eigenvalue weighted by Gasteiger charge is -2.30. The van der Waals surface area contributed by atoms with Crippen molar-refractivity contribution in [3.8, 4) is 0 Å². The molecule has 0 saturated heterocycles. The fourth-order valence-electron chi connectivity index (χ4n) is 2.06. The number of benzene rings is 1. The van der Waals surface area contributed by atoms with Crippen molar-refractivity contribution < 1.29 is 17.9 Å². The summed E-state index contributed by atoms with van der Waals surface area (Å²) in [6, 6.07) is 6.32. The molecule has 0 aliphatic heterocycles. The van der Waals surface area contributed by atoms with Gasteiger partial charge in [-0.15, -0.1) is 0 Å². The summed E-state index contributed by atoms with van der Waals surface area (Å²) >= 11 is 3.33. The maximum Gasteiger partial charge on any atom is 0.324 e. The van der Waals surface area contributed by atoms with Crippen molar-refractivity contribution in [2.24, 2.45) is 5.92 Å². The van der Waals surface area contributed by atoms with Crippen LogP contribution in [0.1, 0.15) is 19.4 Å². The number of nitrogens with zero attached hydrogens (tertiary/aromatic N) is 1. The van der Waals surface area contributed by atoms with Gasteiger partial charge in [0.05, 0.1) is 7.11 Å². The van der Waals surface area contributed by atoms with Gasteiger partial charge >= 0.3 is 5.97 Å². The molecule has 1 aromatic rings. The molecule has 0 bridgehead atoms. The van der Waals surface area contributed by atoms with E-state index in [9.17, 15) is 13.2 Å². The van der Waals surface area contributed by atoms with Gasteiger partial charge in [-0.25, -0.2) is 8.42 Å². The van der Waals surface area contributed by atoms with E-state index in [0.717, 1.165) is 19.7 Å². The molecule has 0 spiro atoms. The molecule has 122 valence electrons. The van der Waals surface area contributed by atoms with Crippen molar-refractivity contribution in [2.75, 3.05) is 7.11 Å². The topological polar surface area (TPSA) is 63.7 Å². The van der Waals surface area contributed by atoms with E-state index in [0.29, 0.717) is 0 Å². The number of methoxy groups -OCH3 is 1. The van der Waals surface area contributed by atoms with E-state index in [-0.39, 0.29) is 12.5 Å². The van der Waals surface area contributed by atoms with Crippen LogP contribution in [-0.2, 0) is 26.1 Å². The summed E-state index contributed by atoms with van der Waals surface area (Å²) < 4.78 is 31.4. The van der Waals surface area contributed by atoms with Crippen molar-refractivity contribution >= 4 is 31.9 Å². The van der Waals surface area contributed by atoms with E-state index in [1.165, 1.54) is 7.11 Å². The van der Waals surface area contributed by atoms with Crippen LogP contribution in [0.4, 0.5) is 0 Å². The summed E-state index contributed by atoms with van der Waals surface area (Å²) in [5, 5.41) is 0.851. The van der Waals surface area contributed by atoms with Crippen LogP contribution < -0.4 is 0 Å². The average molecular weight is 390 g/mol. The quantitative estimate of drug-likeness (QED) is 0.672. The number of hydrogen-bond acceptors (Lipinski definition) is 4. The lowest BCUT2D eigenvalue weighted by atomic mass is 10.0. The standard InChI is InChI=1S/C15H20BrNO4S/c1-5-22(19,20)17(14(11(2)3)15(18)21-4)10-12-6-8-13(16)9-7-12/h5-9,11,14H,1,10H2,2-4H3/t14-/m0/s1. The van der Waals surface area contributed by atoms with Crippen LogP contribution in [0.25, 0.3) is 0 Å². The molecule has 0 N–H and O–H groups in total. The predicted molar refractivity (Wildman–Crippen MR) is 89.4 cm³/mol. The Morgan fingerprint density at radius 1 is 1.36 bits per heavy atom. The lowest BCUT2D eigenvalue weighted by Crippen LogP contribution is -2.47. The van der Waals surface area contributed by atoms with Crippen LogP contribution in [0.5, 0.6) is 0 Å². The number of esters is 1. The highest BCUT2D eigenvalue weighted by Gasteiger charge is 2.36. The molecule has 0 fully saturated rings. The Kier molecular flexibility index (Phi) is 6.77. The van der Waals surface area contributed by atoms with Gasteiger partial charge in [0.1, 0.15) is 6.04 Å². The second-order valence-corrected chi connectivity index (χ2v) is 7.84. The number of sulfonamides is 1. The van der Waals surface area contributed by atoms with Gasteiger partial charge in [0.2, 0.25) is 10.0 Å². The second kappa shape index (κ2) is 7.89. The number of rotatable bonds is 7. The third kappa shape index (κ3) is 4.66. The fourth-order valence-corrected chi connectivity index (χ4v) is 3.49. The van der Waals surface area contributed by atoms with Gasteiger partial charge < -0.3 is 4.74 Å². The summed E-state index contributed by atoms with van der Waals surface area (Å²) in [5.41, 5.74) is 0.767. The van der Waals surface area contributed by atoms with Gasteiger partial charge in [0.25, 0.3) is 0 Å². The molecule has 0 aliphatic rings. The summed E-state index contributed by atoms with van der Waals surface area (Å²) in [7, 11) is -2.54. The van der Waals surface area contributed by atoms with Crippen molar-refractivity contribution in [3.05, 3.63) is 46.3 Å². The first kappa shape index (κ1) is 18.9. The van der Waals surface area contributed by atoms with Gasteiger partial charge in [-0.2, -0.15) is 4.31 Å². The summed E-state index contributed by atoms with van der Waals surface area (Å²) in [4.78, 5) is 12.0. The van der Waals surface area contributed by atoms with Gasteiger partial charge in [-0.1, -0.05) is 48.5 Å². The molecular formula is C15H20BrNO4S. The number of halogens is 1. The third-order valence-corrected chi connectivity index (χ3v) is 5.13. The van der Waals surface area contributed by atoms with Crippen LogP contribution in [0.2, 0.25) is 0 Å². The Labute approximate surface area is 140 Å². The predicted octanol–water partition coefficient (Wildman–Crippen LogP) is 2.92. The van der Waals surface area contributed by atoms with Crippen molar-refractivity contribution in [3.63, 3.8) is 0 Å². The van der Waals surface area contributed by atoms with Crippen LogP contribution in [0, 0.1) is 5.92 Å². The second-order valence-electron chi connectivity index (χ2n) is 5.10. The third-order valence-electron chi connectivity index (χ3n) is 3.17. The monoisotopic (exact) mass is 389 g/mol. The van der Waals surface area contributed by atoms with Gasteiger partial charge in [-0.3, -0.25) is 4.79 Å². The Balaban J connectivity index is 3.25. The number of carbonyl (C=O) groups excluding carboxylic acids is 1. The molecular weight excluding hydrogens is 370 g/mol. The van der Waals surface area contributed by atoms with Crippen molar-refractivity contribution in [1.29, 1.82) is 0 Å². The minimum Gasteiger partial charge on any atom is -0.468 e. The summed E-state index contributed by atoms with van der Waals surface area (Å²) in [6.45, 7) is 6.96. The number of carbonyl (C=O) groups is 1. The zero-order valence-corrected chi connectivity index (χ0v) is 15.2. The van der Waals surface area contributed by atoms with Crippen LogP contribution >= 0.6 is 15.9 Å². The highest BCUT2D eigenvalue weighted by Crippen LogP contribution is 2.22.